The number of carbonyl (C=O) groups is 1. The highest BCUT2D eigenvalue weighted by Gasteiger charge is 2.20. The van der Waals surface area contributed by atoms with Crippen LogP contribution in [-0.2, 0) is 16.4 Å². The molecule has 0 radical (unpaired) electrons. The van der Waals surface area contributed by atoms with Gasteiger partial charge in [-0.25, -0.2) is 17.8 Å². The lowest BCUT2D eigenvalue weighted by molar-refractivity contribution is 0.0946. The molecule has 0 fully saturated rings. The van der Waals surface area contributed by atoms with Gasteiger partial charge in [0, 0.05) is 46.4 Å². The number of nitrogens with two attached hydrogens (primary N) is 2. The molecule has 3 aromatic carbocycles. The molecular formula is C26H22FN5O3S. The minimum Gasteiger partial charge on any atom is -0.399 e. The van der Waals surface area contributed by atoms with Gasteiger partial charge < -0.3 is 16.8 Å². The Kier molecular flexibility index (Phi) is 5.81. The van der Waals surface area contributed by atoms with Crippen molar-refractivity contribution in [2.24, 2.45) is 0 Å². The van der Waals surface area contributed by atoms with Crippen LogP contribution < -0.4 is 21.5 Å². The third-order valence-corrected chi connectivity index (χ3v) is 7.36. The van der Waals surface area contributed by atoms with Gasteiger partial charge in [-0.05, 0) is 66.1 Å². The molecule has 182 valence electrons. The fourth-order valence-corrected chi connectivity index (χ4v) is 5.18. The Morgan fingerprint density at radius 2 is 1.64 bits per heavy atom. The van der Waals surface area contributed by atoms with Gasteiger partial charge >= 0.3 is 0 Å². The normalized spacial score (nSPS) is 13.1. The number of halogens is 1. The minimum absolute atomic E-state index is 0.120. The van der Waals surface area contributed by atoms with Crippen molar-refractivity contribution in [2.45, 2.75) is 11.3 Å². The number of hydrogen-bond acceptors (Lipinski definition) is 6. The number of anilines is 3. The molecular weight excluding hydrogens is 481 g/mol. The largest absolute Gasteiger partial charge is 0.399 e. The van der Waals surface area contributed by atoms with Gasteiger partial charge in [-0.15, -0.1) is 0 Å². The first-order valence-corrected chi connectivity index (χ1v) is 12.5. The number of carbonyl (C=O) groups excluding carboxylic acids is 1. The average Bonchev–Trinajstić information content (AvgIpc) is 2.86. The highest BCUT2D eigenvalue weighted by Crippen LogP contribution is 2.33. The second-order valence-electron chi connectivity index (χ2n) is 8.40. The van der Waals surface area contributed by atoms with Crippen LogP contribution in [0.3, 0.4) is 0 Å². The molecule has 2 heterocycles. The molecule has 0 bridgehead atoms. The number of fused-ring (bicyclic) bond motifs is 1. The van der Waals surface area contributed by atoms with Crippen LogP contribution in [0.15, 0.2) is 77.8 Å². The third kappa shape index (κ3) is 4.46. The number of aromatic nitrogens is 1. The number of pyridine rings is 1. The van der Waals surface area contributed by atoms with E-state index < -0.39 is 15.8 Å². The number of hydrogen-bond donors (Lipinski definition) is 4. The van der Waals surface area contributed by atoms with E-state index in [0.717, 1.165) is 17.2 Å². The summed E-state index contributed by atoms with van der Waals surface area (Å²) in [5.41, 5.74) is 16.0. The molecule has 1 aromatic heterocycles. The highest BCUT2D eigenvalue weighted by molar-refractivity contribution is 7.92. The van der Waals surface area contributed by atoms with Gasteiger partial charge in [0.05, 0.1) is 4.90 Å². The van der Waals surface area contributed by atoms with Crippen LogP contribution in [0, 0.1) is 5.82 Å². The zero-order valence-corrected chi connectivity index (χ0v) is 19.8. The van der Waals surface area contributed by atoms with Gasteiger partial charge in [0.15, 0.2) is 0 Å². The fraction of sp³-hybridized carbons (Fsp3) is 0.0769. The molecule has 0 saturated carbocycles. The van der Waals surface area contributed by atoms with E-state index in [2.05, 4.69) is 15.0 Å². The average molecular weight is 504 g/mol. The molecule has 1 aliphatic rings. The quantitative estimate of drug-likeness (QED) is 0.305. The van der Waals surface area contributed by atoms with Gasteiger partial charge in [-0.2, -0.15) is 0 Å². The number of benzene rings is 3. The Hall–Kier alpha value is -4.44. The molecule has 36 heavy (non-hydrogen) atoms. The number of nitrogen functional groups attached to an aromatic ring is 2. The summed E-state index contributed by atoms with van der Waals surface area (Å²) in [6, 6.07) is 16.9. The van der Waals surface area contributed by atoms with E-state index >= 15 is 4.39 Å². The first kappa shape index (κ1) is 23.3. The zero-order chi connectivity index (χ0) is 25.4. The monoisotopic (exact) mass is 503 g/mol. The van der Waals surface area contributed by atoms with Crippen molar-refractivity contribution in [1.29, 1.82) is 0 Å². The van der Waals surface area contributed by atoms with E-state index in [1.165, 1.54) is 30.5 Å². The molecule has 1 amide bonds. The maximum atomic E-state index is 15.1. The van der Waals surface area contributed by atoms with Crippen LogP contribution in [0.1, 0.15) is 15.9 Å². The molecule has 6 N–H and O–H groups in total. The van der Waals surface area contributed by atoms with Gasteiger partial charge in [0.25, 0.3) is 15.9 Å². The van der Waals surface area contributed by atoms with Crippen LogP contribution in [0.4, 0.5) is 21.6 Å². The molecule has 0 unspecified atom stereocenters. The molecule has 5 rings (SSSR count). The molecule has 10 heteroatoms. The minimum atomic E-state index is -4.02. The lowest BCUT2D eigenvalue weighted by atomic mass is 9.94. The predicted molar refractivity (Wildman–Crippen MR) is 137 cm³/mol. The first-order chi connectivity index (χ1) is 17.2. The summed E-state index contributed by atoms with van der Waals surface area (Å²) in [4.78, 5) is 16.0. The van der Waals surface area contributed by atoms with E-state index in [1.807, 2.05) is 6.07 Å². The molecule has 1 aliphatic heterocycles. The Morgan fingerprint density at radius 1 is 0.889 bits per heavy atom. The topological polar surface area (TPSA) is 140 Å². The summed E-state index contributed by atoms with van der Waals surface area (Å²) in [6.07, 6.45) is 2.13. The smallest absolute Gasteiger partial charge is 0.261 e. The van der Waals surface area contributed by atoms with Gasteiger partial charge in [0.2, 0.25) is 0 Å². The van der Waals surface area contributed by atoms with Crippen molar-refractivity contribution in [3.8, 4) is 22.3 Å². The fourth-order valence-electron chi connectivity index (χ4n) is 4.11. The van der Waals surface area contributed by atoms with Crippen LogP contribution in [-0.4, -0.2) is 25.9 Å². The van der Waals surface area contributed by atoms with Gasteiger partial charge in [-0.3, -0.25) is 9.52 Å². The molecule has 0 spiro atoms. The maximum Gasteiger partial charge on any atom is 0.261 e. The lowest BCUT2D eigenvalue weighted by Gasteiger charge is -2.18. The Balaban J connectivity index is 1.47. The Bertz CT molecular complexity index is 1600. The summed E-state index contributed by atoms with van der Waals surface area (Å²) >= 11 is 0. The molecule has 0 saturated heterocycles. The summed E-state index contributed by atoms with van der Waals surface area (Å²) in [5.74, 6) is -0.591. The van der Waals surface area contributed by atoms with Crippen molar-refractivity contribution < 1.29 is 17.6 Å². The number of rotatable bonds is 5. The lowest BCUT2D eigenvalue weighted by Crippen LogP contribution is -2.31. The second kappa shape index (κ2) is 8.97. The van der Waals surface area contributed by atoms with E-state index in [9.17, 15) is 13.2 Å². The van der Waals surface area contributed by atoms with Crippen molar-refractivity contribution in [3.63, 3.8) is 0 Å². The van der Waals surface area contributed by atoms with Crippen LogP contribution in [0.25, 0.3) is 22.3 Å². The first-order valence-electron chi connectivity index (χ1n) is 11.1. The van der Waals surface area contributed by atoms with E-state index in [0.29, 0.717) is 41.0 Å². The van der Waals surface area contributed by atoms with Crippen molar-refractivity contribution in [1.82, 2.24) is 10.3 Å². The summed E-state index contributed by atoms with van der Waals surface area (Å²) in [7, 11) is -4.02. The van der Waals surface area contributed by atoms with Crippen molar-refractivity contribution in [3.05, 3.63) is 89.9 Å². The number of sulfonamides is 1. The molecule has 0 aliphatic carbocycles. The number of amides is 1. The van der Waals surface area contributed by atoms with Crippen LogP contribution >= 0.6 is 0 Å². The standard InChI is InChI=1S/C26H22FN5O3S/c27-24-13-20(36(34,35)32-19-4-2-18(28)3-5-19)6-8-21(24)17-12-23(25(29)31-14-17)15-1-7-22-16(11-15)9-10-30-26(22)33/h1-8,11-14,32H,9-10,28H2,(H2,29,31)(H,30,33). The Labute approximate surface area is 207 Å². The van der Waals surface area contributed by atoms with Gasteiger partial charge in [0.1, 0.15) is 11.6 Å². The molecule has 4 aromatic rings. The number of nitrogens with one attached hydrogen (secondary N) is 2. The van der Waals surface area contributed by atoms with Crippen LogP contribution in [0.5, 0.6) is 0 Å². The van der Waals surface area contributed by atoms with Crippen molar-refractivity contribution in [2.75, 3.05) is 22.7 Å². The molecule has 0 atom stereocenters. The second-order valence-corrected chi connectivity index (χ2v) is 10.1. The van der Waals surface area contributed by atoms with Crippen molar-refractivity contribution >= 4 is 33.1 Å². The SMILES string of the molecule is Nc1ccc(NS(=O)(=O)c2ccc(-c3cnc(N)c(-c4ccc5c(c4)CCNC5=O)c3)c(F)c2)cc1. The predicted octanol–water partition coefficient (Wildman–Crippen LogP) is 3.81. The van der Waals surface area contributed by atoms with E-state index in [4.69, 9.17) is 11.5 Å². The maximum absolute atomic E-state index is 15.1. The highest BCUT2D eigenvalue weighted by atomic mass is 32.2. The molecule has 8 nitrogen and oxygen atoms in total. The Morgan fingerprint density at radius 3 is 2.39 bits per heavy atom. The third-order valence-electron chi connectivity index (χ3n) is 5.98. The van der Waals surface area contributed by atoms with E-state index in [1.54, 1.807) is 30.3 Å². The summed E-state index contributed by atoms with van der Waals surface area (Å²) < 4.78 is 43.0. The van der Waals surface area contributed by atoms with E-state index in [-0.39, 0.29) is 22.2 Å². The van der Waals surface area contributed by atoms with Crippen LogP contribution in [0.2, 0.25) is 0 Å². The summed E-state index contributed by atoms with van der Waals surface area (Å²) in [5, 5.41) is 2.81. The zero-order valence-electron chi connectivity index (χ0n) is 19.0. The number of nitrogens with zero attached hydrogens (tertiary/aromatic N) is 1. The summed E-state index contributed by atoms with van der Waals surface area (Å²) in [6.45, 7) is 0.552. The van der Waals surface area contributed by atoms with Gasteiger partial charge in [-0.1, -0.05) is 18.2 Å².